The molecule has 0 N–H and O–H groups in total. The molecule has 4 rings (SSSR count). The van der Waals surface area contributed by atoms with Crippen molar-refractivity contribution in [3.05, 3.63) is 35.9 Å². The maximum Gasteiger partial charge on any atom is 0.193 e. The van der Waals surface area contributed by atoms with E-state index >= 15 is 0 Å². The summed E-state index contributed by atoms with van der Waals surface area (Å²) in [4.78, 5) is 0. The second-order valence-corrected chi connectivity index (χ2v) is 6.26. The van der Waals surface area contributed by atoms with Gasteiger partial charge in [-0.05, 0) is 0 Å². The summed E-state index contributed by atoms with van der Waals surface area (Å²) < 4.78 is 34.6. The second kappa shape index (κ2) is 5.97. The van der Waals surface area contributed by atoms with Crippen LogP contribution < -0.4 is 0 Å². The van der Waals surface area contributed by atoms with Gasteiger partial charge in [0, 0.05) is 19.8 Å². The molecule has 3 aliphatic rings. The largest absolute Gasteiger partial charge is 0.375 e. The lowest BCUT2D eigenvalue weighted by molar-refractivity contribution is -0.355. The number of ether oxygens (including phenoxy) is 6. The summed E-state index contributed by atoms with van der Waals surface area (Å²) in [7, 11) is 3.17. The summed E-state index contributed by atoms with van der Waals surface area (Å²) in [5.41, 5.74) is -0.423. The molecule has 1 aromatic rings. The molecule has 23 heavy (non-hydrogen) atoms. The van der Waals surface area contributed by atoms with E-state index in [-0.39, 0.29) is 12.2 Å². The Bertz CT molecular complexity index is 557. The van der Waals surface area contributed by atoms with E-state index in [1.165, 1.54) is 0 Å². The Labute approximate surface area is 139 Å². The van der Waals surface area contributed by atoms with Crippen molar-refractivity contribution >= 4 is 11.6 Å². The highest BCUT2D eigenvalue weighted by atomic mass is 35.5. The van der Waals surface area contributed by atoms with Crippen LogP contribution in [-0.4, -0.2) is 56.6 Å². The molecular formula is C16H19ClO6. The Morgan fingerprint density at radius 3 is 2.48 bits per heavy atom. The first-order valence-corrected chi connectivity index (χ1v) is 7.99. The van der Waals surface area contributed by atoms with Gasteiger partial charge in [0.1, 0.15) is 18.3 Å². The Hall–Kier alpha value is -0.730. The van der Waals surface area contributed by atoms with Crippen LogP contribution in [0.2, 0.25) is 0 Å². The number of hydrogen-bond acceptors (Lipinski definition) is 6. The van der Waals surface area contributed by atoms with Crippen LogP contribution in [-0.2, 0) is 28.4 Å². The molecule has 6 nitrogen and oxygen atoms in total. The molecule has 0 saturated carbocycles. The zero-order chi connectivity index (χ0) is 16.0. The highest BCUT2D eigenvalue weighted by molar-refractivity contribution is 6.22. The van der Waals surface area contributed by atoms with Crippen molar-refractivity contribution in [2.24, 2.45) is 0 Å². The number of benzene rings is 1. The average molecular weight is 343 g/mol. The Balaban J connectivity index is 1.59. The summed E-state index contributed by atoms with van der Waals surface area (Å²) in [5.74, 6) is 0. The molecule has 7 atom stereocenters. The number of fused-ring (bicyclic) bond motifs is 1. The van der Waals surface area contributed by atoms with Gasteiger partial charge in [0.15, 0.2) is 23.7 Å². The number of halogens is 1. The molecule has 0 amide bonds. The van der Waals surface area contributed by atoms with E-state index in [2.05, 4.69) is 0 Å². The summed E-state index contributed by atoms with van der Waals surface area (Å²) in [6.07, 6.45) is -2.14. The highest BCUT2D eigenvalue weighted by Crippen LogP contribution is 2.53. The molecule has 3 saturated heterocycles. The molecule has 1 spiro atoms. The van der Waals surface area contributed by atoms with E-state index in [1.54, 1.807) is 14.2 Å². The van der Waals surface area contributed by atoms with Gasteiger partial charge in [-0.15, -0.1) is 0 Å². The van der Waals surface area contributed by atoms with Crippen LogP contribution in [0.15, 0.2) is 30.3 Å². The SMILES string of the molecule is CO[C@H]1O[C@@H]2COC(c3ccccc3)O[C@H]2[C@H](OC)[C@]12O[C@H]2Cl. The molecule has 126 valence electrons. The third kappa shape index (κ3) is 2.41. The Kier molecular flexibility index (Phi) is 4.09. The maximum absolute atomic E-state index is 6.20. The van der Waals surface area contributed by atoms with Gasteiger partial charge in [0.2, 0.25) is 0 Å². The normalized spacial score (nSPS) is 45.7. The summed E-state index contributed by atoms with van der Waals surface area (Å²) in [6.45, 7) is 0.382. The standard InChI is InChI=1S/C16H19ClO6/c1-18-12-11-10(21-15(19-2)16(12)14(17)23-16)8-20-13(22-11)9-6-4-3-5-7-9/h3-7,10-15H,8H2,1-2H3/t10-,11-,12+,13?,14-,15+,16-/m1/s1. The number of alkyl halides is 1. The Morgan fingerprint density at radius 2 is 1.87 bits per heavy atom. The number of rotatable bonds is 3. The molecule has 0 bridgehead atoms. The summed E-state index contributed by atoms with van der Waals surface area (Å²) >= 11 is 6.20. The number of epoxide rings is 1. The van der Waals surface area contributed by atoms with Gasteiger partial charge < -0.3 is 28.4 Å². The third-order valence-corrected chi connectivity index (χ3v) is 5.04. The van der Waals surface area contributed by atoms with Crippen molar-refractivity contribution in [2.45, 2.75) is 42.1 Å². The van der Waals surface area contributed by atoms with Crippen LogP contribution in [0.25, 0.3) is 0 Å². The molecular weight excluding hydrogens is 324 g/mol. The van der Waals surface area contributed by atoms with Gasteiger partial charge in [0.25, 0.3) is 0 Å². The topological polar surface area (TPSA) is 58.7 Å². The van der Waals surface area contributed by atoms with Crippen molar-refractivity contribution < 1.29 is 28.4 Å². The minimum atomic E-state index is -0.842. The average Bonchev–Trinajstić information content (AvgIpc) is 3.25. The first-order valence-electron chi connectivity index (χ1n) is 7.55. The molecule has 3 aliphatic heterocycles. The van der Waals surface area contributed by atoms with Crippen LogP contribution in [0.5, 0.6) is 0 Å². The second-order valence-electron chi connectivity index (χ2n) is 5.86. The molecule has 3 heterocycles. The first kappa shape index (κ1) is 15.8. The van der Waals surface area contributed by atoms with E-state index in [1.807, 2.05) is 30.3 Å². The molecule has 7 heteroatoms. The monoisotopic (exact) mass is 342 g/mol. The summed E-state index contributed by atoms with van der Waals surface area (Å²) in [5, 5.41) is 0. The van der Waals surface area contributed by atoms with Crippen molar-refractivity contribution in [3.8, 4) is 0 Å². The lowest BCUT2D eigenvalue weighted by Gasteiger charge is -2.47. The third-order valence-electron chi connectivity index (χ3n) is 4.61. The van der Waals surface area contributed by atoms with Crippen molar-refractivity contribution in [2.75, 3.05) is 20.8 Å². The zero-order valence-corrected chi connectivity index (χ0v) is 13.6. The fourth-order valence-electron chi connectivity index (χ4n) is 3.43. The van der Waals surface area contributed by atoms with E-state index in [0.717, 1.165) is 5.56 Å². The molecule has 0 radical (unpaired) electrons. The lowest BCUT2D eigenvalue weighted by Crippen LogP contribution is -2.65. The van der Waals surface area contributed by atoms with Crippen LogP contribution >= 0.6 is 11.6 Å². The fraction of sp³-hybridized carbons (Fsp3) is 0.625. The number of hydrogen-bond donors (Lipinski definition) is 0. The van der Waals surface area contributed by atoms with E-state index in [4.69, 9.17) is 40.0 Å². The van der Waals surface area contributed by atoms with Gasteiger partial charge in [-0.2, -0.15) is 0 Å². The fourth-order valence-corrected chi connectivity index (χ4v) is 3.81. The lowest BCUT2D eigenvalue weighted by atomic mass is 9.90. The molecule has 0 aromatic heterocycles. The minimum absolute atomic E-state index is 0.302. The quantitative estimate of drug-likeness (QED) is 0.617. The van der Waals surface area contributed by atoms with Crippen molar-refractivity contribution in [1.82, 2.24) is 0 Å². The van der Waals surface area contributed by atoms with Crippen LogP contribution in [0.3, 0.4) is 0 Å². The van der Waals surface area contributed by atoms with E-state index in [9.17, 15) is 0 Å². The zero-order valence-electron chi connectivity index (χ0n) is 12.9. The van der Waals surface area contributed by atoms with E-state index < -0.39 is 29.8 Å². The van der Waals surface area contributed by atoms with E-state index in [0.29, 0.717) is 6.61 Å². The highest BCUT2D eigenvalue weighted by Gasteiger charge is 2.73. The summed E-state index contributed by atoms with van der Waals surface area (Å²) in [6, 6.07) is 9.76. The molecule has 1 aromatic carbocycles. The van der Waals surface area contributed by atoms with Crippen LogP contribution in [0.1, 0.15) is 11.9 Å². The smallest absolute Gasteiger partial charge is 0.193 e. The van der Waals surface area contributed by atoms with Gasteiger partial charge >= 0.3 is 0 Å². The van der Waals surface area contributed by atoms with Gasteiger partial charge in [-0.25, -0.2) is 0 Å². The van der Waals surface area contributed by atoms with Crippen LogP contribution in [0.4, 0.5) is 0 Å². The predicted molar refractivity (Wildman–Crippen MR) is 79.9 cm³/mol. The first-order chi connectivity index (χ1) is 11.2. The van der Waals surface area contributed by atoms with Gasteiger partial charge in [-0.1, -0.05) is 41.9 Å². The molecule has 1 unspecified atom stereocenters. The predicted octanol–water partition coefficient (Wildman–Crippen LogP) is 1.82. The van der Waals surface area contributed by atoms with Crippen molar-refractivity contribution in [1.29, 1.82) is 0 Å². The minimum Gasteiger partial charge on any atom is -0.375 e. The molecule has 0 aliphatic carbocycles. The van der Waals surface area contributed by atoms with Crippen molar-refractivity contribution in [3.63, 3.8) is 0 Å². The number of methoxy groups -OCH3 is 2. The van der Waals surface area contributed by atoms with Gasteiger partial charge in [0.05, 0.1) is 6.61 Å². The van der Waals surface area contributed by atoms with Gasteiger partial charge in [-0.3, -0.25) is 0 Å². The van der Waals surface area contributed by atoms with Crippen LogP contribution in [0, 0.1) is 0 Å². The molecule has 3 fully saturated rings. The maximum atomic E-state index is 6.20. The Morgan fingerprint density at radius 1 is 1.13 bits per heavy atom.